The van der Waals surface area contributed by atoms with Crippen LogP contribution in [0.5, 0.6) is 0 Å². The molecule has 0 amide bonds. The first-order valence-corrected chi connectivity index (χ1v) is 6.27. The predicted molar refractivity (Wildman–Crippen MR) is 74.2 cm³/mol. The third-order valence-corrected chi connectivity index (χ3v) is 2.93. The normalized spacial score (nSPS) is 12.3. The molecule has 0 bridgehead atoms. The van der Waals surface area contributed by atoms with Gasteiger partial charge in [-0.15, -0.1) is 0 Å². The first kappa shape index (κ1) is 13.2. The summed E-state index contributed by atoms with van der Waals surface area (Å²) in [4.78, 5) is 18.7. The van der Waals surface area contributed by atoms with Crippen LogP contribution in [-0.2, 0) is 0 Å². The number of benzene rings is 1. The number of non-ortho nitro benzene ring substituents is 1. The molecule has 1 heterocycles. The topological polar surface area (TPSA) is 81.0 Å². The third kappa shape index (κ3) is 2.96. The Hall–Kier alpha value is -2.24. The third-order valence-electron chi connectivity index (χ3n) is 2.93. The summed E-state index contributed by atoms with van der Waals surface area (Å²) in [5, 5.41) is 14.8. The fraction of sp³-hybridized carbons (Fsp3) is 0.385. The second-order valence-electron chi connectivity index (χ2n) is 4.51. The molecule has 100 valence electrons. The van der Waals surface area contributed by atoms with Crippen molar-refractivity contribution in [3.63, 3.8) is 0 Å². The molecule has 1 atom stereocenters. The number of rotatable bonds is 5. The number of aromatic nitrogens is 2. The maximum atomic E-state index is 10.8. The molecule has 1 unspecified atom stereocenters. The summed E-state index contributed by atoms with van der Waals surface area (Å²) in [6.45, 7) is 4.18. The molecular weight excluding hydrogens is 244 g/mol. The molecule has 1 aromatic heterocycles. The molecule has 0 radical (unpaired) electrons. The number of nitrogens with zero attached hydrogens (tertiary/aromatic N) is 3. The van der Waals surface area contributed by atoms with Crippen molar-refractivity contribution >= 4 is 22.4 Å². The summed E-state index contributed by atoms with van der Waals surface area (Å²) in [5.41, 5.74) is 0.750. The summed E-state index contributed by atoms with van der Waals surface area (Å²) in [6, 6.07) is 4.87. The molecule has 0 spiro atoms. The molecule has 2 rings (SSSR count). The Bertz CT molecular complexity index is 600. The van der Waals surface area contributed by atoms with E-state index in [1.54, 1.807) is 6.07 Å². The summed E-state index contributed by atoms with van der Waals surface area (Å²) in [7, 11) is 0. The summed E-state index contributed by atoms with van der Waals surface area (Å²) < 4.78 is 0. The molecule has 0 saturated heterocycles. The minimum Gasteiger partial charge on any atom is -0.367 e. The SMILES string of the molecule is CCCC(C)Nc1ncnc2ccc([N+](=O)[O-])cc12. The van der Waals surface area contributed by atoms with Crippen LogP contribution in [0.3, 0.4) is 0 Å². The van der Waals surface area contributed by atoms with E-state index in [0.717, 1.165) is 12.8 Å². The highest BCUT2D eigenvalue weighted by molar-refractivity contribution is 5.90. The molecule has 0 aliphatic carbocycles. The molecule has 1 aromatic carbocycles. The smallest absolute Gasteiger partial charge is 0.270 e. The minimum absolute atomic E-state index is 0.0495. The van der Waals surface area contributed by atoms with Crippen LogP contribution in [0.25, 0.3) is 10.9 Å². The Kier molecular flexibility index (Phi) is 3.89. The Morgan fingerprint density at radius 2 is 2.21 bits per heavy atom. The molecule has 2 aromatic rings. The van der Waals surface area contributed by atoms with E-state index in [-0.39, 0.29) is 11.7 Å². The first-order valence-electron chi connectivity index (χ1n) is 6.27. The number of nitro groups is 1. The van der Waals surface area contributed by atoms with Gasteiger partial charge >= 0.3 is 0 Å². The van der Waals surface area contributed by atoms with Gasteiger partial charge in [-0.3, -0.25) is 10.1 Å². The maximum Gasteiger partial charge on any atom is 0.270 e. The fourth-order valence-electron chi connectivity index (χ4n) is 2.01. The Labute approximate surface area is 111 Å². The zero-order valence-corrected chi connectivity index (χ0v) is 11.0. The van der Waals surface area contributed by atoms with Crippen molar-refractivity contribution < 1.29 is 4.92 Å². The lowest BCUT2D eigenvalue weighted by Crippen LogP contribution is -2.15. The summed E-state index contributed by atoms with van der Waals surface area (Å²) in [5.74, 6) is 0.648. The van der Waals surface area contributed by atoms with E-state index in [4.69, 9.17) is 0 Å². The van der Waals surface area contributed by atoms with Crippen LogP contribution < -0.4 is 5.32 Å². The van der Waals surface area contributed by atoms with E-state index >= 15 is 0 Å². The second kappa shape index (κ2) is 5.60. The van der Waals surface area contributed by atoms with Crippen LogP contribution >= 0.6 is 0 Å². The number of nitrogens with one attached hydrogen (secondary N) is 1. The number of fused-ring (bicyclic) bond motifs is 1. The summed E-state index contributed by atoms with van der Waals surface area (Å²) >= 11 is 0. The zero-order chi connectivity index (χ0) is 13.8. The fourth-order valence-corrected chi connectivity index (χ4v) is 2.01. The van der Waals surface area contributed by atoms with Gasteiger partial charge in [0.15, 0.2) is 0 Å². The highest BCUT2D eigenvalue weighted by Crippen LogP contribution is 2.24. The van der Waals surface area contributed by atoms with Gasteiger partial charge in [0, 0.05) is 23.6 Å². The quantitative estimate of drug-likeness (QED) is 0.659. The molecule has 19 heavy (non-hydrogen) atoms. The first-order chi connectivity index (χ1) is 9.11. The number of nitro benzene ring substituents is 1. The lowest BCUT2D eigenvalue weighted by atomic mass is 10.1. The van der Waals surface area contributed by atoms with Gasteiger partial charge in [-0.05, 0) is 19.4 Å². The van der Waals surface area contributed by atoms with Crippen molar-refractivity contribution in [3.05, 3.63) is 34.6 Å². The van der Waals surface area contributed by atoms with Crippen LogP contribution in [0.4, 0.5) is 11.5 Å². The second-order valence-corrected chi connectivity index (χ2v) is 4.51. The van der Waals surface area contributed by atoms with Gasteiger partial charge in [0.05, 0.1) is 10.4 Å². The van der Waals surface area contributed by atoms with Gasteiger partial charge in [-0.2, -0.15) is 0 Å². The minimum atomic E-state index is -0.411. The Balaban J connectivity index is 2.42. The monoisotopic (exact) mass is 260 g/mol. The Morgan fingerprint density at radius 3 is 2.89 bits per heavy atom. The largest absolute Gasteiger partial charge is 0.367 e. The van der Waals surface area contributed by atoms with Crippen molar-refractivity contribution in [2.75, 3.05) is 5.32 Å². The molecular formula is C13H16N4O2. The highest BCUT2D eigenvalue weighted by atomic mass is 16.6. The van der Waals surface area contributed by atoms with Gasteiger partial charge in [-0.25, -0.2) is 9.97 Å². The van der Waals surface area contributed by atoms with E-state index in [9.17, 15) is 10.1 Å². The average molecular weight is 260 g/mol. The highest BCUT2D eigenvalue weighted by Gasteiger charge is 2.11. The van der Waals surface area contributed by atoms with Crippen LogP contribution in [0.15, 0.2) is 24.5 Å². The number of anilines is 1. The van der Waals surface area contributed by atoms with Crippen molar-refractivity contribution in [1.29, 1.82) is 0 Å². The molecule has 0 aliphatic rings. The van der Waals surface area contributed by atoms with Crippen LogP contribution in [0.2, 0.25) is 0 Å². The Morgan fingerprint density at radius 1 is 1.42 bits per heavy atom. The predicted octanol–water partition coefficient (Wildman–Crippen LogP) is 3.14. The molecule has 0 saturated carbocycles. The van der Waals surface area contributed by atoms with Crippen LogP contribution in [-0.4, -0.2) is 20.9 Å². The van der Waals surface area contributed by atoms with Gasteiger partial charge in [0.1, 0.15) is 12.1 Å². The number of hydrogen-bond donors (Lipinski definition) is 1. The van der Waals surface area contributed by atoms with Gasteiger partial charge in [0.2, 0.25) is 0 Å². The molecule has 0 aliphatic heterocycles. The molecule has 0 fully saturated rings. The van der Waals surface area contributed by atoms with Gasteiger partial charge in [0.25, 0.3) is 5.69 Å². The van der Waals surface area contributed by atoms with E-state index in [2.05, 4.69) is 29.1 Å². The lowest BCUT2D eigenvalue weighted by Gasteiger charge is -2.14. The molecule has 1 N–H and O–H groups in total. The maximum absolute atomic E-state index is 10.8. The van der Waals surface area contributed by atoms with E-state index < -0.39 is 4.92 Å². The van der Waals surface area contributed by atoms with Gasteiger partial charge < -0.3 is 5.32 Å². The summed E-state index contributed by atoms with van der Waals surface area (Å²) in [6.07, 6.45) is 3.55. The molecule has 6 heteroatoms. The molecule has 6 nitrogen and oxygen atoms in total. The lowest BCUT2D eigenvalue weighted by molar-refractivity contribution is -0.384. The van der Waals surface area contributed by atoms with Crippen molar-refractivity contribution in [2.45, 2.75) is 32.7 Å². The van der Waals surface area contributed by atoms with Crippen molar-refractivity contribution in [2.24, 2.45) is 0 Å². The van der Waals surface area contributed by atoms with E-state index in [1.165, 1.54) is 18.5 Å². The van der Waals surface area contributed by atoms with Crippen LogP contribution in [0, 0.1) is 10.1 Å². The van der Waals surface area contributed by atoms with Gasteiger partial charge in [-0.1, -0.05) is 13.3 Å². The van der Waals surface area contributed by atoms with Crippen molar-refractivity contribution in [3.8, 4) is 0 Å². The van der Waals surface area contributed by atoms with E-state index in [1.807, 2.05) is 0 Å². The average Bonchev–Trinajstić information content (AvgIpc) is 2.38. The standard InChI is InChI=1S/C13H16N4O2/c1-3-4-9(2)16-13-11-7-10(17(18)19)5-6-12(11)14-8-15-13/h5-9H,3-4H2,1-2H3,(H,14,15,16). The van der Waals surface area contributed by atoms with Crippen molar-refractivity contribution in [1.82, 2.24) is 9.97 Å². The van der Waals surface area contributed by atoms with Crippen LogP contribution in [0.1, 0.15) is 26.7 Å². The van der Waals surface area contributed by atoms with E-state index in [0.29, 0.717) is 16.7 Å². The number of hydrogen-bond acceptors (Lipinski definition) is 5. The zero-order valence-electron chi connectivity index (χ0n) is 11.0.